The first-order valence-electron chi connectivity index (χ1n) is 5.84. The maximum atomic E-state index is 12.2. The Morgan fingerprint density at radius 1 is 1.22 bits per heavy atom. The van der Waals surface area contributed by atoms with Gasteiger partial charge in [0.05, 0.1) is 0 Å². The molecule has 18 heavy (non-hydrogen) atoms. The van der Waals surface area contributed by atoms with Gasteiger partial charge in [-0.2, -0.15) is 13.2 Å². The molecule has 0 fully saturated rings. The van der Waals surface area contributed by atoms with Gasteiger partial charge in [-0.25, -0.2) is 0 Å². The van der Waals surface area contributed by atoms with E-state index in [1.165, 1.54) is 11.3 Å². The third kappa shape index (κ3) is 4.19. The molecule has 0 saturated carbocycles. The number of alkyl halides is 3. The predicted octanol–water partition coefficient (Wildman–Crippen LogP) is 5.11. The van der Waals surface area contributed by atoms with Crippen molar-refractivity contribution in [1.82, 2.24) is 0 Å². The summed E-state index contributed by atoms with van der Waals surface area (Å²) in [7, 11) is 0. The van der Waals surface area contributed by atoms with E-state index in [0.717, 1.165) is 9.75 Å². The maximum absolute atomic E-state index is 12.2. The fraction of sp³-hybridized carbons (Fsp3) is 0.692. The summed E-state index contributed by atoms with van der Waals surface area (Å²) in [5.74, 6) is 0.534. The Labute approximate surface area is 110 Å². The molecule has 0 unspecified atom stereocenters. The molecular formula is C13H19F3OS. The molecule has 0 bridgehead atoms. The van der Waals surface area contributed by atoms with Crippen LogP contribution in [0.4, 0.5) is 13.2 Å². The summed E-state index contributed by atoms with van der Waals surface area (Å²) >= 11 is 1.53. The SMILES string of the molecule is CC(C)c1sc(C(C)(C)C)cc1OCC(F)(F)F. The number of hydrogen-bond donors (Lipinski definition) is 0. The summed E-state index contributed by atoms with van der Waals surface area (Å²) in [4.78, 5) is 1.92. The van der Waals surface area contributed by atoms with Crippen molar-refractivity contribution in [2.24, 2.45) is 0 Å². The zero-order chi connectivity index (χ0) is 14.1. The lowest BCUT2D eigenvalue weighted by Crippen LogP contribution is -2.19. The number of thiophene rings is 1. The summed E-state index contributed by atoms with van der Waals surface area (Å²) < 4.78 is 41.5. The molecule has 0 spiro atoms. The molecule has 0 atom stereocenters. The number of ether oxygens (including phenoxy) is 1. The van der Waals surface area contributed by atoms with E-state index in [4.69, 9.17) is 4.74 Å². The van der Waals surface area contributed by atoms with E-state index in [2.05, 4.69) is 0 Å². The lowest BCUT2D eigenvalue weighted by molar-refractivity contribution is -0.153. The average Bonchev–Trinajstić information content (AvgIpc) is 2.56. The maximum Gasteiger partial charge on any atom is 0.422 e. The Hall–Kier alpha value is -0.710. The zero-order valence-electron chi connectivity index (χ0n) is 11.3. The Bertz CT molecular complexity index is 399. The van der Waals surface area contributed by atoms with Crippen LogP contribution >= 0.6 is 11.3 Å². The summed E-state index contributed by atoms with van der Waals surface area (Å²) in [5, 5.41) is 0. The third-order valence-corrected chi connectivity index (χ3v) is 4.22. The Morgan fingerprint density at radius 2 is 1.78 bits per heavy atom. The molecule has 1 heterocycles. The fourth-order valence-corrected chi connectivity index (χ4v) is 2.60. The normalized spacial score (nSPS) is 13.2. The topological polar surface area (TPSA) is 9.23 Å². The molecule has 1 aromatic heterocycles. The molecule has 0 aliphatic rings. The minimum atomic E-state index is -4.29. The number of halogens is 3. The Balaban J connectivity index is 2.99. The minimum absolute atomic E-state index is 0.0752. The molecule has 1 rings (SSSR count). The molecule has 0 amide bonds. The second kappa shape index (κ2) is 5.11. The summed E-state index contributed by atoms with van der Waals surface area (Å²) in [6.45, 7) is 8.80. The van der Waals surface area contributed by atoms with Crippen molar-refractivity contribution in [3.8, 4) is 5.75 Å². The van der Waals surface area contributed by atoms with Crippen LogP contribution in [0.2, 0.25) is 0 Å². The second-order valence-electron chi connectivity index (χ2n) is 5.65. The van der Waals surface area contributed by atoms with E-state index in [9.17, 15) is 13.2 Å². The van der Waals surface area contributed by atoms with Gasteiger partial charge < -0.3 is 4.74 Å². The van der Waals surface area contributed by atoms with Crippen molar-refractivity contribution in [2.75, 3.05) is 6.61 Å². The highest BCUT2D eigenvalue weighted by Gasteiger charge is 2.30. The average molecular weight is 280 g/mol. The van der Waals surface area contributed by atoms with Crippen molar-refractivity contribution >= 4 is 11.3 Å². The highest BCUT2D eigenvalue weighted by atomic mass is 32.1. The monoisotopic (exact) mass is 280 g/mol. The molecule has 0 aromatic carbocycles. The van der Waals surface area contributed by atoms with Gasteiger partial charge in [0.2, 0.25) is 0 Å². The molecule has 1 nitrogen and oxygen atoms in total. The lowest BCUT2D eigenvalue weighted by atomic mass is 9.94. The molecule has 0 aliphatic carbocycles. The smallest absolute Gasteiger partial charge is 0.422 e. The number of hydrogen-bond acceptors (Lipinski definition) is 2. The van der Waals surface area contributed by atoms with Crippen LogP contribution in [0.25, 0.3) is 0 Å². The van der Waals surface area contributed by atoms with Gasteiger partial charge in [-0.1, -0.05) is 34.6 Å². The third-order valence-electron chi connectivity index (χ3n) is 2.38. The van der Waals surface area contributed by atoms with Crippen LogP contribution in [0.1, 0.15) is 50.3 Å². The van der Waals surface area contributed by atoms with Crippen LogP contribution in [0.3, 0.4) is 0 Å². The molecule has 104 valence electrons. The van der Waals surface area contributed by atoms with E-state index in [1.54, 1.807) is 6.07 Å². The van der Waals surface area contributed by atoms with E-state index in [1.807, 2.05) is 34.6 Å². The van der Waals surface area contributed by atoms with E-state index >= 15 is 0 Å². The van der Waals surface area contributed by atoms with E-state index < -0.39 is 12.8 Å². The summed E-state index contributed by atoms with van der Waals surface area (Å²) in [5.41, 5.74) is -0.0752. The van der Waals surface area contributed by atoms with Gasteiger partial charge in [0.1, 0.15) is 5.75 Å². The first-order valence-corrected chi connectivity index (χ1v) is 6.66. The molecule has 0 aliphatic heterocycles. The summed E-state index contributed by atoms with van der Waals surface area (Å²) in [6.07, 6.45) is -4.29. The van der Waals surface area contributed by atoms with Crippen LogP contribution in [0, 0.1) is 0 Å². The second-order valence-corrected chi connectivity index (χ2v) is 6.73. The minimum Gasteiger partial charge on any atom is -0.483 e. The van der Waals surface area contributed by atoms with E-state index in [-0.39, 0.29) is 11.3 Å². The fourth-order valence-electron chi connectivity index (χ4n) is 1.43. The number of rotatable bonds is 3. The van der Waals surface area contributed by atoms with Crippen molar-refractivity contribution in [2.45, 2.75) is 52.1 Å². The molecule has 0 saturated heterocycles. The van der Waals surface area contributed by atoms with Gasteiger partial charge in [0.15, 0.2) is 6.61 Å². The van der Waals surface area contributed by atoms with Crippen molar-refractivity contribution in [1.29, 1.82) is 0 Å². The van der Waals surface area contributed by atoms with Gasteiger partial charge in [-0.05, 0) is 17.4 Å². The molecule has 0 radical (unpaired) electrons. The van der Waals surface area contributed by atoms with Gasteiger partial charge in [-0.15, -0.1) is 11.3 Å². The lowest BCUT2D eigenvalue weighted by Gasteiger charge is -2.15. The van der Waals surface area contributed by atoms with Gasteiger partial charge >= 0.3 is 6.18 Å². The van der Waals surface area contributed by atoms with Gasteiger partial charge in [0.25, 0.3) is 0 Å². The van der Waals surface area contributed by atoms with Crippen molar-refractivity contribution < 1.29 is 17.9 Å². The van der Waals surface area contributed by atoms with Crippen LogP contribution in [0.5, 0.6) is 5.75 Å². The first-order chi connectivity index (χ1) is 8.00. The highest BCUT2D eigenvalue weighted by Crippen LogP contribution is 2.40. The molecular weight excluding hydrogens is 261 g/mol. The van der Waals surface area contributed by atoms with E-state index in [0.29, 0.717) is 5.75 Å². The highest BCUT2D eigenvalue weighted by molar-refractivity contribution is 7.12. The van der Waals surface area contributed by atoms with Gasteiger partial charge in [0, 0.05) is 9.75 Å². The Morgan fingerprint density at radius 3 is 2.17 bits per heavy atom. The molecule has 5 heteroatoms. The molecule has 1 aromatic rings. The van der Waals surface area contributed by atoms with Crippen LogP contribution < -0.4 is 4.74 Å². The summed E-state index contributed by atoms with van der Waals surface area (Å²) in [6, 6.07) is 1.74. The van der Waals surface area contributed by atoms with Crippen LogP contribution in [-0.2, 0) is 5.41 Å². The predicted molar refractivity (Wildman–Crippen MR) is 68.7 cm³/mol. The first kappa shape index (κ1) is 15.3. The molecule has 0 N–H and O–H groups in total. The Kier molecular flexibility index (Phi) is 4.36. The van der Waals surface area contributed by atoms with Crippen LogP contribution in [-0.4, -0.2) is 12.8 Å². The van der Waals surface area contributed by atoms with Crippen molar-refractivity contribution in [3.05, 3.63) is 15.8 Å². The zero-order valence-corrected chi connectivity index (χ0v) is 12.1. The quantitative estimate of drug-likeness (QED) is 0.747. The largest absolute Gasteiger partial charge is 0.483 e. The van der Waals surface area contributed by atoms with Crippen LogP contribution in [0.15, 0.2) is 6.07 Å². The van der Waals surface area contributed by atoms with Gasteiger partial charge in [-0.3, -0.25) is 0 Å². The standard InChI is InChI=1S/C13H19F3OS/c1-8(2)11-9(17-7-13(14,15)16)6-10(18-11)12(3,4)5/h6,8H,7H2,1-5H3. The van der Waals surface area contributed by atoms with Crippen molar-refractivity contribution in [3.63, 3.8) is 0 Å².